The van der Waals surface area contributed by atoms with Gasteiger partial charge in [-0.25, -0.2) is 0 Å². The van der Waals surface area contributed by atoms with Gasteiger partial charge in [-0.2, -0.15) is 0 Å². The van der Waals surface area contributed by atoms with Crippen molar-refractivity contribution in [3.63, 3.8) is 0 Å². The Kier molecular flexibility index (Phi) is 2.05. The van der Waals surface area contributed by atoms with Crippen LogP contribution in [0.2, 0.25) is 0 Å². The number of nitrogens with one attached hydrogen (secondary N) is 2. The van der Waals surface area contributed by atoms with Crippen LogP contribution in [0.5, 0.6) is 0 Å². The van der Waals surface area contributed by atoms with Gasteiger partial charge in [0.25, 0.3) is 0 Å². The molecule has 5 aliphatic rings. The van der Waals surface area contributed by atoms with Crippen molar-refractivity contribution in [1.29, 1.82) is 0 Å². The molecule has 2 heterocycles. The van der Waals surface area contributed by atoms with E-state index in [1.165, 1.54) is 19.3 Å². The maximum absolute atomic E-state index is 12.1. The Bertz CT molecular complexity index is 369. The van der Waals surface area contributed by atoms with Crippen molar-refractivity contribution in [1.82, 2.24) is 7.06 Å². The molecule has 2 aliphatic heterocycles. The molecule has 3 saturated carbocycles. The van der Waals surface area contributed by atoms with Crippen molar-refractivity contribution in [3.05, 3.63) is 0 Å². The van der Waals surface area contributed by atoms with Gasteiger partial charge < -0.3 is 0 Å². The predicted octanol–water partition coefficient (Wildman–Crippen LogP) is 1.72. The van der Waals surface area contributed by atoms with Crippen LogP contribution in [-0.4, -0.2) is 19.2 Å². The van der Waals surface area contributed by atoms with Crippen LogP contribution in [-0.2, 0) is 9.53 Å². The van der Waals surface area contributed by atoms with Gasteiger partial charge in [-0.1, -0.05) is 0 Å². The van der Waals surface area contributed by atoms with Gasteiger partial charge in [-0.3, -0.25) is 0 Å². The van der Waals surface area contributed by atoms with Gasteiger partial charge in [-0.05, 0) is 0 Å². The van der Waals surface area contributed by atoms with Crippen molar-refractivity contribution < 1.29 is 9.53 Å². The zero-order valence-electron chi connectivity index (χ0n) is 8.93. The molecule has 3 aliphatic carbocycles. The molecule has 0 aromatic heterocycles. The second kappa shape index (κ2) is 3.05. The number of rotatable bonds is 3. The maximum atomic E-state index is 12.1. The number of carbonyl (C=O) groups is 1. The third kappa shape index (κ3) is 1.19. The molecule has 4 nitrogen and oxygen atoms in total. The standard InChI is InChI=1S/C10H14I2N2O2/c1-9(5-2-3-6(9)4-5)16-8(15)7(11)10-12(13-10)14-10/h5-7,13-14H,2-4H2,1H3. The molecule has 0 amide bonds. The molecule has 6 heteroatoms. The number of carbonyl (C=O) groups excluding carboxylic acids is 1. The normalized spacial score (nSPS) is 49.0. The molecular formula is C10H14I2N2O2. The third-order valence-electron chi connectivity index (χ3n) is 4.62. The molecule has 3 atom stereocenters. The number of hydrogen-bond acceptors (Lipinski definition) is 4. The third-order valence-corrected chi connectivity index (χ3v) is 11.8. The van der Waals surface area contributed by atoms with Crippen LogP contribution in [0.4, 0.5) is 0 Å². The zero-order valence-corrected chi connectivity index (χ0v) is 13.2. The Morgan fingerprint density at radius 2 is 2.06 bits per heavy atom. The molecule has 0 radical (unpaired) electrons. The molecule has 16 heavy (non-hydrogen) atoms. The number of ether oxygens (including phenoxy) is 1. The van der Waals surface area contributed by atoms with Gasteiger partial charge in [0, 0.05) is 0 Å². The Balaban J connectivity index is 1.45. The number of hydrogen-bond donors (Lipinski definition) is 2. The first-order chi connectivity index (χ1) is 7.56. The monoisotopic (exact) mass is 448 g/mol. The zero-order chi connectivity index (χ0) is 11.1. The van der Waals surface area contributed by atoms with E-state index in [2.05, 4.69) is 36.6 Å². The molecule has 2 N–H and O–H groups in total. The van der Waals surface area contributed by atoms with E-state index in [1.54, 1.807) is 0 Å². The van der Waals surface area contributed by atoms with Gasteiger partial charge in [-0.15, -0.1) is 0 Å². The van der Waals surface area contributed by atoms with Crippen molar-refractivity contribution in [2.75, 3.05) is 0 Å². The van der Waals surface area contributed by atoms with Crippen LogP contribution in [0.25, 0.3) is 0 Å². The number of alkyl halides is 2. The van der Waals surface area contributed by atoms with Gasteiger partial charge >= 0.3 is 117 Å². The first kappa shape index (κ1) is 10.7. The minimum absolute atomic E-state index is 0.00278. The van der Waals surface area contributed by atoms with E-state index in [-0.39, 0.29) is 19.2 Å². The van der Waals surface area contributed by atoms with E-state index in [9.17, 15) is 4.79 Å². The van der Waals surface area contributed by atoms with E-state index in [0.29, 0.717) is 11.8 Å². The molecular weight excluding hydrogens is 434 g/mol. The van der Waals surface area contributed by atoms with Crippen molar-refractivity contribution >= 4 is 48.9 Å². The predicted molar refractivity (Wildman–Crippen MR) is 76.2 cm³/mol. The van der Waals surface area contributed by atoms with E-state index in [4.69, 9.17) is 4.74 Å². The Morgan fingerprint density at radius 1 is 1.50 bits per heavy atom. The fourth-order valence-corrected chi connectivity index (χ4v) is 10.6. The number of fused-ring (bicyclic) bond motifs is 2. The molecule has 5 fully saturated rings. The van der Waals surface area contributed by atoms with E-state index < -0.39 is 20.4 Å². The van der Waals surface area contributed by atoms with Gasteiger partial charge in [0.05, 0.1) is 0 Å². The molecule has 0 aromatic carbocycles. The topological polar surface area (TPSA) is 70.2 Å². The summed E-state index contributed by atoms with van der Waals surface area (Å²) >= 11 is 1.22. The second-order valence-corrected chi connectivity index (χ2v) is 11.0. The average molecular weight is 448 g/mol. The molecule has 3 unspecified atom stereocenters. The van der Waals surface area contributed by atoms with E-state index in [1.807, 2.05) is 0 Å². The summed E-state index contributed by atoms with van der Waals surface area (Å²) in [6.45, 7) is 2.13. The van der Waals surface area contributed by atoms with Crippen LogP contribution in [0.3, 0.4) is 0 Å². The fourth-order valence-electron chi connectivity index (χ4n) is 3.22. The SMILES string of the molecule is CC1(OC(=O)C(I)C23NI2N3)C2CCC1C2. The van der Waals surface area contributed by atoms with Crippen LogP contribution in [0.15, 0.2) is 0 Å². The quantitative estimate of drug-likeness (QED) is 0.172. The van der Waals surface area contributed by atoms with E-state index >= 15 is 0 Å². The molecule has 2 saturated heterocycles. The summed E-state index contributed by atoms with van der Waals surface area (Å²) in [5.74, 6) is 1.27. The first-order valence-electron chi connectivity index (χ1n) is 5.69. The average Bonchev–Trinajstić information content (AvgIpc) is 2.97. The fraction of sp³-hybridized carbons (Fsp3) is 0.900. The van der Waals surface area contributed by atoms with E-state index in [0.717, 1.165) is 0 Å². The van der Waals surface area contributed by atoms with Gasteiger partial charge in [0.1, 0.15) is 0 Å². The summed E-state index contributed by atoms with van der Waals surface area (Å²) in [5, 5.41) is 0. The molecule has 2 bridgehead atoms. The van der Waals surface area contributed by atoms with Crippen LogP contribution in [0, 0.1) is 11.8 Å². The minimum atomic E-state index is -1.01. The summed E-state index contributed by atoms with van der Waals surface area (Å²) in [5.41, 5.74) is -0.125. The summed E-state index contributed by atoms with van der Waals surface area (Å²) in [4.78, 5) is 12.1. The molecule has 0 aromatic rings. The summed E-state index contributed by atoms with van der Waals surface area (Å²) in [6, 6.07) is 0. The van der Waals surface area contributed by atoms with Crippen LogP contribution >= 0.6 is 43.0 Å². The first-order valence-corrected chi connectivity index (χ1v) is 10.2. The number of halogens is 2. The Hall–Kier alpha value is 0.850. The van der Waals surface area contributed by atoms with Gasteiger partial charge in [0.15, 0.2) is 0 Å². The summed E-state index contributed by atoms with van der Waals surface area (Å²) < 4.78 is 12.6. The number of esters is 1. The van der Waals surface area contributed by atoms with Crippen molar-refractivity contribution in [2.45, 2.75) is 39.4 Å². The van der Waals surface area contributed by atoms with Crippen LogP contribution < -0.4 is 7.06 Å². The molecule has 0 spiro atoms. The summed E-state index contributed by atoms with van der Waals surface area (Å²) in [7, 11) is 0. The molecule has 5 rings (SSSR count). The second-order valence-electron chi connectivity index (χ2n) is 5.36. The Morgan fingerprint density at radius 3 is 2.50 bits per heavy atom. The van der Waals surface area contributed by atoms with Crippen LogP contribution in [0.1, 0.15) is 26.2 Å². The Labute approximate surface area is 116 Å². The summed E-state index contributed by atoms with van der Waals surface area (Å²) in [6.07, 6.45) is 3.77. The van der Waals surface area contributed by atoms with Crippen molar-refractivity contribution in [2.24, 2.45) is 11.8 Å². The molecule has 90 valence electrons. The van der Waals surface area contributed by atoms with Gasteiger partial charge in [0.2, 0.25) is 0 Å². The van der Waals surface area contributed by atoms with Crippen molar-refractivity contribution in [3.8, 4) is 0 Å².